The predicted molar refractivity (Wildman–Crippen MR) is 90.7 cm³/mol. The van der Waals surface area contributed by atoms with E-state index in [2.05, 4.69) is 25.4 Å². The quantitative estimate of drug-likeness (QED) is 0.618. The van der Waals surface area contributed by atoms with Gasteiger partial charge in [-0.15, -0.1) is 0 Å². The zero-order valence-electron chi connectivity index (χ0n) is 13.0. The van der Waals surface area contributed by atoms with E-state index in [0.29, 0.717) is 17.2 Å². The van der Waals surface area contributed by atoms with Gasteiger partial charge in [-0.2, -0.15) is 5.10 Å². The van der Waals surface area contributed by atoms with Gasteiger partial charge in [-0.1, -0.05) is 6.07 Å². The van der Waals surface area contributed by atoms with E-state index in [1.165, 1.54) is 0 Å². The van der Waals surface area contributed by atoms with Crippen LogP contribution in [0.25, 0.3) is 11.6 Å². The Kier molecular flexibility index (Phi) is 3.76. The first-order chi connectivity index (χ1) is 12.3. The van der Waals surface area contributed by atoms with Crippen molar-refractivity contribution in [3.05, 3.63) is 79.4 Å². The van der Waals surface area contributed by atoms with E-state index >= 15 is 0 Å². The van der Waals surface area contributed by atoms with Crippen molar-refractivity contribution >= 4 is 11.6 Å². The second-order valence-corrected chi connectivity index (χ2v) is 5.20. The molecule has 0 atom stereocenters. The topological polar surface area (TPSA) is 90.5 Å². The van der Waals surface area contributed by atoms with Gasteiger partial charge in [-0.05, 0) is 24.3 Å². The van der Waals surface area contributed by atoms with Gasteiger partial charge in [-0.3, -0.25) is 9.36 Å². The Balaban J connectivity index is 1.51. The Morgan fingerprint density at radius 1 is 1.04 bits per heavy atom. The number of hydrogen-bond donors (Lipinski definition) is 1. The van der Waals surface area contributed by atoms with Crippen LogP contribution in [0.2, 0.25) is 0 Å². The average molecular weight is 331 g/mol. The van der Waals surface area contributed by atoms with Crippen molar-refractivity contribution in [2.75, 3.05) is 5.32 Å². The molecule has 3 aromatic heterocycles. The number of aromatic nitrogens is 6. The normalized spacial score (nSPS) is 10.6. The van der Waals surface area contributed by atoms with Crippen molar-refractivity contribution in [2.24, 2.45) is 0 Å². The zero-order chi connectivity index (χ0) is 17.1. The molecule has 0 fully saturated rings. The molecule has 0 saturated carbocycles. The smallest absolute Gasteiger partial charge is 0.255 e. The number of carbonyl (C=O) groups excluding carboxylic acids is 1. The van der Waals surface area contributed by atoms with Crippen LogP contribution in [0.5, 0.6) is 0 Å². The Morgan fingerprint density at radius 3 is 2.64 bits per heavy atom. The summed E-state index contributed by atoms with van der Waals surface area (Å²) < 4.78 is 3.37. The minimum Gasteiger partial charge on any atom is -0.319 e. The molecule has 1 N–H and O–H groups in total. The van der Waals surface area contributed by atoms with Gasteiger partial charge in [0.05, 0.1) is 23.8 Å². The number of nitrogens with one attached hydrogen (secondary N) is 1. The van der Waals surface area contributed by atoms with Gasteiger partial charge in [-0.25, -0.2) is 19.6 Å². The van der Waals surface area contributed by atoms with Crippen LogP contribution in [0.15, 0.2) is 73.8 Å². The summed E-state index contributed by atoms with van der Waals surface area (Å²) in [6.07, 6.45) is 11.6. The summed E-state index contributed by atoms with van der Waals surface area (Å²) in [5.41, 5.74) is 1.84. The molecule has 3 heterocycles. The highest BCUT2D eigenvalue weighted by molar-refractivity contribution is 6.04. The van der Waals surface area contributed by atoms with E-state index in [1.807, 2.05) is 24.4 Å². The first-order valence-corrected chi connectivity index (χ1v) is 7.51. The molecule has 1 aromatic carbocycles. The predicted octanol–water partition coefficient (Wildman–Crippen LogP) is 2.10. The number of benzene rings is 1. The van der Waals surface area contributed by atoms with Gasteiger partial charge < -0.3 is 5.32 Å². The van der Waals surface area contributed by atoms with Crippen molar-refractivity contribution in [1.29, 1.82) is 0 Å². The minimum absolute atomic E-state index is 0.243. The Morgan fingerprint density at radius 2 is 1.92 bits per heavy atom. The highest BCUT2D eigenvalue weighted by Gasteiger charge is 2.09. The monoisotopic (exact) mass is 331 g/mol. The van der Waals surface area contributed by atoms with Crippen LogP contribution >= 0.6 is 0 Å². The second-order valence-electron chi connectivity index (χ2n) is 5.20. The van der Waals surface area contributed by atoms with E-state index in [4.69, 9.17) is 0 Å². The molecule has 0 aliphatic rings. The fraction of sp³-hybridized carbons (Fsp3) is 0. The maximum atomic E-state index is 12.4. The Bertz CT molecular complexity index is 976. The van der Waals surface area contributed by atoms with Gasteiger partial charge in [0.25, 0.3) is 5.91 Å². The number of amides is 1. The van der Waals surface area contributed by atoms with Crippen molar-refractivity contribution in [2.45, 2.75) is 0 Å². The zero-order valence-corrected chi connectivity index (χ0v) is 13.0. The second kappa shape index (κ2) is 6.36. The van der Waals surface area contributed by atoms with Gasteiger partial charge >= 0.3 is 0 Å². The summed E-state index contributed by atoms with van der Waals surface area (Å²) in [5, 5.41) is 6.95. The first kappa shape index (κ1) is 14.8. The van der Waals surface area contributed by atoms with Crippen LogP contribution in [0.1, 0.15) is 10.4 Å². The molecule has 0 radical (unpaired) electrons. The van der Waals surface area contributed by atoms with Crippen LogP contribution in [-0.4, -0.2) is 35.2 Å². The lowest BCUT2D eigenvalue weighted by Crippen LogP contribution is -2.13. The van der Waals surface area contributed by atoms with Crippen molar-refractivity contribution in [3.63, 3.8) is 0 Å². The molecule has 25 heavy (non-hydrogen) atoms. The molecule has 0 unspecified atom stereocenters. The van der Waals surface area contributed by atoms with Gasteiger partial charge in [0, 0.05) is 30.4 Å². The maximum absolute atomic E-state index is 12.4. The highest BCUT2D eigenvalue weighted by atomic mass is 16.1. The summed E-state index contributed by atoms with van der Waals surface area (Å²) in [6, 6.07) is 9.02. The number of rotatable bonds is 4. The summed E-state index contributed by atoms with van der Waals surface area (Å²) >= 11 is 0. The molecule has 1 amide bonds. The molecule has 8 nitrogen and oxygen atoms in total. The highest BCUT2D eigenvalue weighted by Crippen LogP contribution is 2.12. The average Bonchev–Trinajstić information content (AvgIpc) is 3.36. The van der Waals surface area contributed by atoms with Crippen LogP contribution in [0.4, 0.5) is 5.69 Å². The van der Waals surface area contributed by atoms with Gasteiger partial charge in [0.1, 0.15) is 6.33 Å². The van der Waals surface area contributed by atoms with Crippen LogP contribution in [0.3, 0.4) is 0 Å². The van der Waals surface area contributed by atoms with Gasteiger partial charge in [0.2, 0.25) is 5.95 Å². The van der Waals surface area contributed by atoms with E-state index < -0.39 is 0 Å². The van der Waals surface area contributed by atoms with E-state index in [1.54, 1.807) is 58.7 Å². The lowest BCUT2D eigenvalue weighted by molar-refractivity contribution is 0.102. The maximum Gasteiger partial charge on any atom is 0.255 e. The Hall–Kier alpha value is -3.81. The summed E-state index contributed by atoms with van der Waals surface area (Å²) in [7, 11) is 0. The van der Waals surface area contributed by atoms with E-state index in [9.17, 15) is 4.79 Å². The summed E-state index contributed by atoms with van der Waals surface area (Å²) in [4.78, 5) is 24.8. The van der Waals surface area contributed by atoms with Gasteiger partial charge in [0.15, 0.2) is 0 Å². The molecular formula is C17H13N7O. The fourth-order valence-corrected chi connectivity index (χ4v) is 2.31. The molecule has 8 heteroatoms. The molecule has 4 aromatic rings. The summed E-state index contributed by atoms with van der Waals surface area (Å²) in [5.74, 6) is 0.240. The van der Waals surface area contributed by atoms with Crippen LogP contribution < -0.4 is 5.32 Å². The largest absolute Gasteiger partial charge is 0.319 e. The number of hydrogen-bond acceptors (Lipinski definition) is 5. The number of carbonyl (C=O) groups is 1. The van der Waals surface area contributed by atoms with Crippen molar-refractivity contribution in [3.8, 4) is 11.6 Å². The molecule has 122 valence electrons. The fourth-order valence-electron chi connectivity index (χ4n) is 2.31. The molecule has 0 aliphatic heterocycles. The third-order valence-electron chi connectivity index (χ3n) is 3.51. The molecule has 0 bridgehead atoms. The summed E-state index contributed by atoms with van der Waals surface area (Å²) in [6.45, 7) is 0. The SMILES string of the molecule is O=C(Nc1cnc(-n2ccnc2)nc1)c1cccc(-n2cccn2)c1. The number of nitrogens with zero attached hydrogens (tertiary/aromatic N) is 6. The molecule has 4 rings (SSSR count). The first-order valence-electron chi connectivity index (χ1n) is 7.51. The molecule has 0 spiro atoms. The third kappa shape index (κ3) is 3.13. The third-order valence-corrected chi connectivity index (χ3v) is 3.51. The molecular weight excluding hydrogens is 318 g/mol. The number of anilines is 1. The molecule has 0 aliphatic carbocycles. The Labute approximate surface area is 142 Å². The van der Waals surface area contributed by atoms with E-state index in [0.717, 1.165) is 5.69 Å². The van der Waals surface area contributed by atoms with E-state index in [-0.39, 0.29) is 5.91 Å². The van der Waals surface area contributed by atoms with Crippen LogP contribution in [-0.2, 0) is 0 Å². The van der Waals surface area contributed by atoms with Crippen molar-refractivity contribution < 1.29 is 4.79 Å². The minimum atomic E-state index is -0.243. The lowest BCUT2D eigenvalue weighted by atomic mass is 10.2. The van der Waals surface area contributed by atoms with Crippen molar-refractivity contribution in [1.82, 2.24) is 29.3 Å². The molecule has 0 saturated heterocycles. The lowest BCUT2D eigenvalue weighted by Gasteiger charge is -2.07. The van der Waals surface area contributed by atoms with Crippen LogP contribution in [0, 0.1) is 0 Å². The standard InChI is InChI=1S/C17H13N7O/c25-16(13-3-1-4-15(9-13)24-7-2-5-21-24)22-14-10-19-17(20-11-14)23-8-6-18-12-23/h1-12H,(H,22,25). The number of imidazole rings is 1.